The Morgan fingerprint density at radius 3 is 1.24 bits per heavy atom. The van der Waals surface area contributed by atoms with Gasteiger partial charge in [-0.15, -0.1) is 0 Å². The molecular formula is C54H32F9N3. The molecule has 0 spiro atoms. The van der Waals surface area contributed by atoms with Crippen LogP contribution in [-0.2, 0) is 18.5 Å². The molecule has 0 saturated carbocycles. The summed E-state index contributed by atoms with van der Waals surface area (Å²) in [7, 11) is 0. The van der Waals surface area contributed by atoms with Crippen LogP contribution in [0.3, 0.4) is 0 Å². The Balaban J connectivity index is 1.34. The molecule has 3 nitrogen and oxygen atoms in total. The second kappa shape index (κ2) is 15.2. The van der Waals surface area contributed by atoms with Gasteiger partial charge in [0.15, 0.2) is 0 Å². The molecule has 326 valence electrons. The second-order valence-corrected chi connectivity index (χ2v) is 16.4. The number of halogens is 9. The first kappa shape index (κ1) is 42.2. The molecule has 2 aromatic heterocycles. The monoisotopic (exact) mass is 893 g/mol. The molecule has 0 fully saturated rings. The maximum Gasteiger partial charge on any atom is 0.420 e. The average Bonchev–Trinajstić information content (AvgIpc) is 3.79. The number of aromatic nitrogens is 2. The zero-order valence-corrected chi connectivity index (χ0v) is 34.8. The zero-order chi connectivity index (χ0) is 46.4. The fourth-order valence-electron chi connectivity index (χ4n) is 9.24. The Bertz CT molecular complexity index is 3450. The topological polar surface area (TPSA) is 33.6 Å². The molecule has 0 bridgehead atoms. The number of rotatable bonds is 5. The first-order valence-electron chi connectivity index (χ1n) is 20.6. The molecular weight excluding hydrogens is 862 g/mol. The highest BCUT2D eigenvalue weighted by molar-refractivity contribution is 6.12. The molecule has 0 amide bonds. The number of nitriles is 1. The lowest BCUT2D eigenvalue weighted by Crippen LogP contribution is -2.16. The lowest BCUT2D eigenvalue weighted by Gasteiger charge is -2.23. The number of benzene rings is 8. The predicted molar refractivity (Wildman–Crippen MR) is 241 cm³/mol. The lowest BCUT2D eigenvalue weighted by molar-refractivity contribution is -0.138. The van der Waals surface area contributed by atoms with E-state index in [1.807, 2.05) is 0 Å². The largest absolute Gasteiger partial charge is 0.420 e. The van der Waals surface area contributed by atoms with Crippen LogP contribution in [0.5, 0.6) is 0 Å². The van der Waals surface area contributed by atoms with E-state index in [2.05, 4.69) is 6.07 Å². The molecule has 0 atom stereocenters. The van der Waals surface area contributed by atoms with Crippen LogP contribution in [0.4, 0.5) is 39.5 Å². The standard InChI is InChI=1S/C54H32F9N3/c1-30-18-36(23-39(20-30)52(55,56)57)34-14-16-43-41-10-3-5-12-45(41)65(47(43)25-34)49-27-38(33-9-7-8-32(22-33)29-64)28-50(51(49)54(61,62)63)66-46-13-6-4-11-42(46)44-17-15-35(26-48(44)66)37-19-31(2)21-40(24-37)53(58,59)60/h3-28H,1-2H3. The summed E-state index contributed by atoms with van der Waals surface area (Å²) in [6.45, 7) is 3.08. The van der Waals surface area contributed by atoms with Crippen molar-refractivity contribution in [2.75, 3.05) is 0 Å². The van der Waals surface area contributed by atoms with Crippen molar-refractivity contribution in [3.05, 3.63) is 191 Å². The van der Waals surface area contributed by atoms with Gasteiger partial charge in [-0.25, -0.2) is 0 Å². The van der Waals surface area contributed by atoms with Gasteiger partial charge in [-0.3, -0.25) is 0 Å². The van der Waals surface area contributed by atoms with Crippen LogP contribution in [0, 0.1) is 25.2 Å². The van der Waals surface area contributed by atoms with Gasteiger partial charge in [0.25, 0.3) is 0 Å². The highest BCUT2D eigenvalue weighted by Crippen LogP contribution is 2.47. The third kappa shape index (κ3) is 7.21. The van der Waals surface area contributed by atoms with Crippen molar-refractivity contribution in [1.82, 2.24) is 9.13 Å². The van der Waals surface area contributed by atoms with E-state index in [4.69, 9.17) is 0 Å². The number of nitrogens with zero attached hydrogens (tertiary/aromatic N) is 3. The molecule has 0 N–H and O–H groups in total. The summed E-state index contributed by atoms with van der Waals surface area (Å²) < 4.78 is 137. The van der Waals surface area contributed by atoms with Crippen LogP contribution >= 0.6 is 0 Å². The van der Waals surface area contributed by atoms with E-state index in [0.29, 0.717) is 66.0 Å². The van der Waals surface area contributed by atoms with Gasteiger partial charge in [0, 0.05) is 21.5 Å². The summed E-state index contributed by atoms with van der Waals surface area (Å²) in [5, 5.41) is 12.2. The van der Waals surface area contributed by atoms with Gasteiger partial charge in [0.1, 0.15) is 5.56 Å². The van der Waals surface area contributed by atoms with Crippen molar-refractivity contribution >= 4 is 43.6 Å². The fraction of sp³-hybridized carbons (Fsp3) is 0.0926. The molecule has 2 heterocycles. The average molecular weight is 894 g/mol. The predicted octanol–water partition coefficient (Wildman–Crippen LogP) is 16.4. The van der Waals surface area contributed by atoms with Crippen LogP contribution in [0.1, 0.15) is 33.4 Å². The molecule has 0 radical (unpaired) electrons. The molecule has 66 heavy (non-hydrogen) atoms. The number of alkyl halides is 9. The van der Waals surface area contributed by atoms with Crippen LogP contribution in [0.25, 0.3) is 88.4 Å². The van der Waals surface area contributed by atoms with Crippen LogP contribution in [0.15, 0.2) is 158 Å². The minimum Gasteiger partial charge on any atom is -0.309 e. The molecule has 0 unspecified atom stereocenters. The Hall–Kier alpha value is -7.78. The Labute approximate surface area is 370 Å². The number of hydrogen-bond donors (Lipinski definition) is 0. The zero-order valence-electron chi connectivity index (χ0n) is 34.8. The van der Waals surface area contributed by atoms with Gasteiger partial charge in [-0.2, -0.15) is 44.8 Å². The SMILES string of the molecule is Cc1cc(-c2ccc3c4ccccc4n(-c4cc(-c5cccc(C#N)c5)cc(-n5c6ccccc6c6ccc(-c7cc(C)cc(C(F)(F)F)c7)cc65)c4C(F)(F)F)c3c2)cc(C(F)(F)F)c1. The Morgan fingerprint density at radius 2 is 0.803 bits per heavy atom. The molecule has 0 aliphatic rings. The minimum absolute atomic E-state index is 0.219. The summed E-state index contributed by atoms with van der Waals surface area (Å²) in [6, 6.07) is 42.2. The van der Waals surface area contributed by atoms with Crippen molar-refractivity contribution < 1.29 is 39.5 Å². The summed E-state index contributed by atoms with van der Waals surface area (Å²) in [5.41, 5.74) is 0.703. The van der Waals surface area contributed by atoms with E-state index in [1.165, 1.54) is 35.1 Å². The van der Waals surface area contributed by atoms with Crippen molar-refractivity contribution in [2.45, 2.75) is 32.4 Å². The van der Waals surface area contributed by atoms with E-state index in [0.717, 1.165) is 24.3 Å². The van der Waals surface area contributed by atoms with Crippen molar-refractivity contribution in [3.8, 4) is 50.8 Å². The van der Waals surface area contributed by atoms with Gasteiger partial charge >= 0.3 is 18.5 Å². The van der Waals surface area contributed by atoms with Crippen molar-refractivity contribution in [1.29, 1.82) is 5.26 Å². The maximum atomic E-state index is 16.6. The fourth-order valence-corrected chi connectivity index (χ4v) is 9.24. The van der Waals surface area contributed by atoms with E-state index >= 15 is 13.2 Å². The van der Waals surface area contributed by atoms with Crippen LogP contribution < -0.4 is 0 Å². The summed E-state index contributed by atoms with van der Waals surface area (Å²) >= 11 is 0. The first-order valence-corrected chi connectivity index (χ1v) is 20.6. The van der Waals surface area contributed by atoms with Crippen molar-refractivity contribution in [3.63, 3.8) is 0 Å². The Kier molecular flexibility index (Phi) is 9.69. The summed E-state index contributed by atoms with van der Waals surface area (Å²) in [6.07, 6.45) is -14.4. The van der Waals surface area contributed by atoms with Gasteiger partial charge < -0.3 is 9.13 Å². The number of hydrogen-bond acceptors (Lipinski definition) is 1. The summed E-state index contributed by atoms with van der Waals surface area (Å²) in [4.78, 5) is 0. The molecule has 8 aromatic carbocycles. The van der Waals surface area contributed by atoms with E-state index in [-0.39, 0.29) is 39.1 Å². The van der Waals surface area contributed by atoms with Gasteiger partial charge in [0.05, 0.1) is 56.2 Å². The molecule has 10 rings (SSSR count). The quantitative estimate of drug-likeness (QED) is 0.159. The number of para-hydroxylation sites is 2. The Morgan fingerprint density at radius 1 is 0.379 bits per heavy atom. The normalized spacial score (nSPS) is 12.5. The van der Waals surface area contributed by atoms with E-state index < -0.39 is 35.2 Å². The molecule has 0 aliphatic carbocycles. The van der Waals surface area contributed by atoms with Crippen LogP contribution in [0.2, 0.25) is 0 Å². The smallest absolute Gasteiger partial charge is 0.309 e. The third-order valence-electron chi connectivity index (χ3n) is 12.0. The summed E-state index contributed by atoms with van der Waals surface area (Å²) in [5.74, 6) is 0. The van der Waals surface area contributed by atoms with E-state index in [1.54, 1.807) is 121 Å². The maximum absolute atomic E-state index is 16.6. The van der Waals surface area contributed by atoms with E-state index in [9.17, 15) is 31.6 Å². The number of aryl methyl sites for hydroxylation is 2. The van der Waals surface area contributed by atoms with Gasteiger partial charge in [-0.05, 0) is 131 Å². The minimum atomic E-state index is -5.07. The molecule has 10 aromatic rings. The highest BCUT2D eigenvalue weighted by Gasteiger charge is 2.40. The number of fused-ring (bicyclic) bond motifs is 6. The lowest BCUT2D eigenvalue weighted by atomic mass is 9.97. The van der Waals surface area contributed by atoms with Gasteiger partial charge in [0.2, 0.25) is 0 Å². The highest BCUT2D eigenvalue weighted by atomic mass is 19.4. The third-order valence-corrected chi connectivity index (χ3v) is 12.0. The first-order chi connectivity index (χ1) is 31.4. The van der Waals surface area contributed by atoms with Crippen LogP contribution in [-0.4, -0.2) is 9.13 Å². The van der Waals surface area contributed by atoms with Crippen molar-refractivity contribution in [2.24, 2.45) is 0 Å². The van der Waals surface area contributed by atoms with Gasteiger partial charge in [-0.1, -0.05) is 84.9 Å². The second-order valence-electron chi connectivity index (χ2n) is 16.4. The molecule has 12 heteroatoms. The molecule has 0 aliphatic heterocycles. The molecule has 0 saturated heterocycles.